The Labute approximate surface area is 95.4 Å². The Kier molecular flexibility index (Phi) is 3.02. The highest BCUT2D eigenvalue weighted by Crippen LogP contribution is 2.25. The molecular weight excluding hydrogens is 228 g/mol. The Balaban J connectivity index is 2.42. The number of pyridine rings is 1. The van der Waals surface area contributed by atoms with Gasteiger partial charge >= 0.3 is 5.97 Å². The first-order valence-corrected chi connectivity index (χ1v) is 5.56. The molecule has 6 heteroatoms. The fourth-order valence-electron chi connectivity index (χ4n) is 1.35. The van der Waals surface area contributed by atoms with E-state index in [1.54, 1.807) is 11.4 Å². The van der Waals surface area contributed by atoms with Crippen LogP contribution in [0.25, 0.3) is 10.2 Å². The smallest absolute Gasteiger partial charge is 0.338 e. The van der Waals surface area contributed by atoms with Crippen molar-refractivity contribution in [3.8, 4) is 0 Å². The van der Waals surface area contributed by atoms with Gasteiger partial charge in [-0.1, -0.05) is 0 Å². The minimum Gasteiger partial charge on any atom is -0.478 e. The summed E-state index contributed by atoms with van der Waals surface area (Å²) in [6.07, 6.45) is 0. The molecule has 16 heavy (non-hydrogen) atoms. The molecule has 2 heterocycles. The van der Waals surface area contributed by atoms with Gasteiger partial charge in [0.1, 0.15) is 5.82 Å². The van der Waals surface area contributed by atoms with Crippen LogP contribution in [0.15, 0.2) is 17.5 Å². The molecule has 0 bridgehead atoms. The number of carbonyl (C=O) groups is 1. The fraction of sp³-hybridized carbons (Fsp3) is 0.200. The van der Waals surface area contributed by atoms with Crippen LogP contribution in [0, 0.1) is 0 Å². The van der Waals surface area contributed by atoms with E-state index in [0.29, 0.717) is 17.9 Å². The molecule has 0 amide bonds. The van der Waals surface area contributed by atoms with Crippen molar-refractivity contribution in [2.75, 3.05) is 18.5 Å². The van der Waals surface area contributed by atoms with E-state index >= 15 is 0 Å². The summed E-state index contributed by atoms with van der Waals surface area (Å²) >= 11 is 1.35. The number of fused-ring (bicyclic) bond motifs is 1. The lowest BCUT2D eigenvalue weighted by atomic mass is 10.2. The van der Waals surface area contributed by atoms with Crippen molar-refractivity contribution in [3.05, 3.63) is 23.1 Å². The number of carboxylic acids is 1. The third-order valence-corrected chi connectivity index (χ3v) is 3.00. The number of rotatable bonds is 4. The van der Waals surface area contributed by atoms with Crippen LogP contribution >= 0.6 is 11.3 Å². The molecule has 0 saturated heterocycles. The van der Waals surface area contributed by atoms with Gasteiger partial charge in [-0.3, -0.25) is 0 Å². The number of aliphatic hydroxyl groups excluding tert-OH is 1. The van der Waals surface area contributed by atoms with Crippen LogP contribution in [0.4, 0.5) is 5.82 Å². The lowest BCUT2D eigenvalue weighted by Crippen LogP contribution is -2.07. The monoisotopic (exact) mass is 238 g/mol. The van der Waals surface area contributed by atoms with Crippen molar-refractivity contribution < 1.29 is 15.0 Å². The first kappa shape index (κ1) is 10.8. The molecule has 5 nitrogen and oxygen atoms in total. The van der Waals surface area contributed by atoms with Gasteiger partial charge in [-0.05, 0) is 12.1 Å². The highest BCUT2D eigenvalue weighted by Gasteiger charge is 2.12. The van der Waals surface area contributed by atoms with Crippen molar-refractivity contribution in [1.29, 1.82) is 0 Å². The minimum atomic E-state index is -0.974. The van der Waals surface area contributed by atoms with Gasteiger partial charge in [-0.15, -0.1) is 11.3 Å². The molecule has 2 rings (SSSR count). The van der Waals surface area contributed by atoms with Crippen LogP contribution in [0.5, 0.6) is 0 Å². The van der Waals surface area contributed by atoms with E-state index in [1.807, 2.05) is 6.07 Å². The number of aromatic carboxylic acids is 1. The number of nitrogens with zero attached hydrogens (tertiary/aromatic N) is 1. The van der Waals surface area contributed by atoms with Gasteiger partial charge in [0.05, 0.1) is 22.4 Å². The van der Waals surface area contributed by atoms with E-state index < -0.39 is 5.97 Å². The second-order valence-corrected chi connectivity index (χ2v) is 4.06. The number of hydrogen-bond acceptors (Lipinski definition) is 5. The molecule has 0 aliphatic rings. The second kappa shape index (κ2) is 4.46. The van der Waals surface area contributed by atoms with E-state index in [2.05, 4.69) is 10.3 Å². The molecule has 0 fully saturated rings. The number of hydrogen-bond donors (Lipinski definition) is 3. The van der Waals surface area contributed by atoms with Gasteiger partial charge < -0.3 is 15.5 Å². The Morgan fingerprint density at radius 2 is 2.31 bits per heavy atom. The van der Waals surface area contributed by atoms with Crippen molar-refractivity contribution in [3.63, 3.8) is 0 Å². The molecule has 84 valence electrons. The maximum absolute atomic E-state index is 10.9. The molecule has 3 N–H and O–H groups in total. The summed E-state index contributed by atoms with van der Waals surface area (Å²) in [6.45, 7) is 0.403. The van der Waals surface area contributed by atoms with Crippen molar-refractivity contribution >= 4 is 33.3 Å². The van der Waals surface area contributed by atoms with Gasteiger partial charge in [0.15, 0.2) is 0 Å². The second-order valence-electron chi connectivity index (χ2n) is 3.15. The van der Waals surface area contributed by atoms with Crippen LogP contribution in [0.1, 0.15) is 10.4 Å². The zero-order valence-corrected chi connectivity index (χ0v) is 9.12. The van der Waals surface area contributed by atoms with E-state index in [1.165, 1.54) is 11.3 Å². The Hall–Kier alpha value is -1.66. The first-order chi connectivity index (χ1) is 7.72. The molecule has 0 radical (unpaired) electrons. The maximum atomic E-state index is 10.9. The van der Waals surface area contributed by atoms with Crippen LogP contribution < -0.4 is 5.32 Å². The normalized spacial score (nSPS) is 10.6. The summed E-state index contributed by atoms with van der Waals surface area (Å²) in [5.74, 6) is -0.402. The lowest BCUT2D eigenvalue weighted by Gasteiger charge is -2.02. The average Bonchev–Trinajstić information content (AvgIpc) is 2.69. The van der Waals surface area contributed by atoms with E-state index in [4.69, 9.17) is 10.2 Å². The number of aliphatic hydroxyl groups is 1. The van der Waals surface area contributed by atoms with E-state index in [0.717, 1.165) is 4.70 Å². The molecule has 2 aromatic heterocycles. The van der Waals surface area contributed by atoms with Crippen LogP contribution in [-0.2, 0) is 0 Å². The van der Waals surface area contributed by atoms with Gasteiger partial charge in [0.2, 0.25) is 0 Å². The summed E-state index contributed by atoms with van der Waals surface area (Å²) in [5.41, 5.74) is 0.702. The molecule has 0 unspecified atom stereocenters. The predicted molar refractivity (Wildman–Crippen MR) is 62.2 cm³/mol. The number of thiophene rings is 1. The third-order valence-electron chi connectivity index (χ3n) is 2.07. The highest BCUT2D eigenvalue weighted by atomic mass is 32.1. The third kappa shape index (κ3) is 1.98. The number of anilines is 1. The van der Waals surface area contributed by atoms with Crippen molar-refractivity contribution in [1.82, 2.24) is 4.98 Å². The number of aromatic nitrogens is 1. The number of carboxylic acid groups (broad SMARTS) is 1. The van der Waals surface area contributed by atoms with Gasteiger partial charge in [-0.2, -0.15) is 0 Å². The largest absolute Gasteiger partial charge is 0.478 e. The van der Waals surface area contributed by atoms with Gasteiger partial charge in [0.25, 0.3) is 0 Å². The topological polar surface area (TPSA) is 82.5 Å². The summed E-state index contributed by atoms with van der Waals surface area (Å²) in [6, 6.07) is 3.58. The molecule has 0 aliphatic heterocycles. The zero-order chi connectivity index (χ0) is 11.5. The van der Waals surface area contributed by atoms with Crippen LogP contribution in [0.3, 0.4) is 0 Å². The summed E-state index contributed by atoms with van der Waals surface area (Å²) < 4.78 is 0.840. The lowest BCUT2D eigenvalue weighted by molar-refractivity contribution is 0.0699. The van der Waals surface area contributed by atoms with Crippen molar-refractivity contribution in [2.24, 2.45) is 0 Å². The summed E-state index contributed by atoms with van der Waals surface area (Å²) in [7, 11) is 0. The summed E-state index contributed by atoms with van der Waals surface area (Å²) in [4.78, 5) is 15.1. The fourth-order valence-corrected chi connectivity index (χ4v) is 2.22. The molecule has 0 spiro atoms. The predicted octanol–water partition coefficient (Wildman–Crippen LogP) is 1.40. The summed E-state index contributed by atoms with van der Waals surface area (Å²) in [5, 5.41) is 22.1. The van der Waals surface area contributed by atoms with E-state index in [-0.39, 0.29) is 12.2 Å². The Bertz CT molecular complexity index is 524. The molecule has 2 aromatic rings. The molecule has 0 aliphatic carbocycles. The Morgan fingerprint density at radius 1 is 1.50 bits per heavy atom. The molecule has 0 aromatic carbocycles. The van der Waals surface area contributed by atoms with Gasteiger partial charge in [0, 0.05) is 11.9 Å². The SMILES string of the molecule is O=C(O)c1csc2ccc(NCCO)nc12. The highest BCUT2D eigenvalue weighted by molar-refractivity contribution is 7.17. The van der Waals surface area contributed by atoms with Gasteiger partial charge in [-0.25, -0.2) is 9.78 Å². The molecule has 0 saturated carbocycles. The Morgan fingerprint density at radius 3 is 3.00 bits per heavy atom. The molecular formula is C10H10N2O3S. The van der Waals surface area contributed by atoms with Crippen LogP contribution in [-0.4, -0.2) is 34.3 Å². The van der Waals surface area contributed by atoms with E-state index in [9.17, 15) is 4.79 Å². The zero-order valence-electron chi connectivity index (χ0n) is 8.30. The standard InChI is InChI=1S/C10H10N2O3S/c13-4-3-11-8-2-1-7-9(12-8)6(5-16-7)10(14)15/h1-2,5,13H,3-4H2,(H,11,12)(H,14,15). The maximum Gasteiger partial charge on any atom is 0.338 e. The minimum absolute atomic E-state index is 0.00907. The quantitative estimate of drug-likeness (QED) is 0.750. The van der Waals surface area contributed by atoms with Crippen LogP contribution in [0.2, 0.25) is 0 Å². The van der Waals surface area contributed by atoms with Crippen molar-refractivity contribution in [2.45, 2.75) is 0 Å². The molecule has 0 atom stereocenters. The average molecular weight is 238 g/mol. The number of nitrogens with one attached hydrogen (secondary N) is 1. The first-order valence-electron chi connectivity index (χ1n) is 4.68.